The van der Waals surface area contributed by atoms with Gasteiger partial charge in [0.2, 0.25) is 5.91 Å². The first-order valence-corrected chi connectivity index (χ1v) is 9.69. The van der Waals surface area contributed by atoms with Crippen LogP contribution < -0.4 is 5.32 Å². The summed E-state index contributed by atoms with van der Waals surface area (Å²) in [6, 6.07) is 8.03. The number of nitrogens with zero attached hydrogens (tertiary/aromatic N) is 2. The maximum absolute atomic E-state index is 11.8. The molecule has 24 heavy (non-hydrogen) atoms. The topological polar surface area (TPSA) is 68.0 Å². The maximum Gasteiger partial charge on any atom is 0.277 e. The number of carbonyl (C=O) groups is 1. The summed E-state index contributed by atoms with van der Waals surface area (Å²) in [7, 11) is 0. The zero-order valence-corrected chi connectivity index (χ0v) is 15.6. The van der Waals surface area contributed by atoms with Gasteiger partial charge in [0.25, 0.3) is 11.1 Å². The molecule has 126 valence electrons. The van der Waals surface area contributed by atoms with Gasteiger partial charge in [0.05, 0.1) is 10.8 Å². The van der Waals surface area contributed by atoms with Crippen LogP contribution in [0.2, 0.25) is 5.02 Å². The Labute approximate surface area is 152 Å². The molecule has 3 aromatic rings. The second kappa shape index (κ2) is 7.55. The van der Waals surface area contributed by atoms with E-state index in [2.05, 4.69) is 15.5 Å². The number of hydrogen-bond donors (Lipinski definition) is 1. The van der Waals surface area contributed by atoms with Crippen molar-refractivity contribution >= 4 is 50.7 Å². The van der Waals surface area contributed by atoms with E-state index in [1.807, 2.05) is 38.1 Å². The number of nitrogens with one attached hydrogen (secondary N) is 1. The van der Waals surface area contributed by atoms with Crippen LogP contribution in [0.1, 0.15) is 20.3 Å². The fraction of sp³-hybridized carbons (Fsp3) is 0.312. The molecule has 1 N–H and O–H groups in total. The molecule has 2 heterocycles. The summed E-state index contributed by atoms with van der Waals surface area (Å²) >= 11 is 9.14. The number of amides is 1. The molecule has 8 heteroatoms. The van der Waals surface area contributed by atoms with Crippen LogP contribution >= 0.6 is 34.7 Å². The summed E-state index contributed by atoms with van der Waals surface area (Å²) in [4.78, 5) is 12.5. The van der Waals surface area contributed by atoms with Gasteiger partial charge < -0.3 is 9.73 Å². The second-order valence-electron chi connectivity index (χ2n) is 5.28. The average Bonchev–Trinajstić information content (AvgIpc) is 3.18. The SMILES string of the molecule is CCC(C)NC(=O)CSc1nnc(-c2sc3ccccc3c2Cl)o1. The lowest BCUT2D eigenvalue weighted by Crippen LogP contribution is -2.33. The summed E-state index contributed by atoms with van der Waals surface area (Å²) in [5, 5.41) is 12.9. The smallest absolute Gasteiger partial charge is 0.277 e. The maximum atomic E-state index is 11.8. The average molecular weight is 382 g/mol. The summed E-state index contributed by atoms with van der Waals surface area (Å²) < 4.78 is 6.72. The van der Waals surface area contributed by atoms with Crippen LogP contribution in [-0.2, 0) is 4.79 Å². The molecule has 1 atom stereocenters. The van der Waals surface area contributed by atoms with Gasteiger partial charge in [-0.15, -0.1) is 21.5 Å². The predicted octanol–water partition coefficient (Wildman–Crippen LogP) is 4.61. The highest BCUT2D eigenvalue weighted by Gasteiger charge is 2.18. The van der Waals surface area contributed by atoms with E-state index in [-0.39, 0.29) is 17.7 Å². The number of aromatic nitrogens is 2. The Morgan fingerprint density at radius 3 is 2.96 bits per heavy atom. The standard InChI is InChI=1S/C16H16ClN3O2S2/c1-3-9(2)18-12(21)8-23-16-20-19-15(22-16)14-13(17)10-6-4-5-7-11(10)24-14/h4-7,9H,3,8H2,1-2H3,(H,18,21). The van der Waals surface area contributed by atoms with Gasteiger partial charge in [-0.25, -0.2) is 0 Å². The number of thioether (sulfide) groups is 1. The monoisotopic (exact) mass is 381 g/mol. The van der Waals surface area contributed by atoms with Crippen molar-refractivity contribution in [2.24, 2.45) is 0 Å². The van der Waals surface area contributed by atoms with Crippen LogP contribution in [0.3, 0.4) is 0 Å². The van der Waals surface area contributed by atoms with E-state index >= 15 is 0 Å². The van der Waals surface area contributed by atoms with E-state index in [4.69, 9.17) is 16.0 Å². The van der Waals surface area contributed by atoms with Crippen molar-refractivity contribution in [3.05, 3.63) is 29.3 Å². The Morgan fingerprint density at radius 1 is 1.42 bits per heavy atom. The number of rotatable bonds is 6. The van der Waals surface area contributed by atoms with Crippen molar-refractivity contribution in [1.82, 2.24) is 15.5 Å². The zero-order chi connectivity index (χ0) is 17.1. The van der Waals surface area contributed by atoms with Crippen molar-refractivity contribution in [3.8, 4) is 10.8 Å². The molecule has 0 spiro atoms. The van der Waals surface area contributed by atoms with Crippen molar-refractivity contribution in [2.75, 3.05) is 5.75 Å². The number of benzene rings is 1. The fourth-order valence-corrected chi connectivity index (χ4v) is 4.06. The van der Waals surface area contributed by atoms with Gasteiger partial charge in [-0.1, -0.05) is 48.5 Å². The summed E-state index contributed by atoms with van der Waals surface area (Å²) in [5.74, 6) is 0.576. The molecule has 0 fully saturated rings. The molecule has 2 aromatic heterocycles. The van der Waals surface area contributed by atoms with E-state index in [1.165, 1.54) is 23.1 Å². The number of halogens is 1. The molecule has 0 saturated heterocycles. The largest absolute Gasteiger partial charge is 0.410 e. The summed E-state index contributed by atoms with van der Waals surface area (Å²) in [6.45, 7) is 3.99. The predicted molar refractivity (Wildman–Crippen MR) is 98.7 cm³/mol. The van der Waals surface area contributed by atoms with Crippen molar-refractivity contribution in [3.63, 3.8) is 0 Å². The minimum absolute atomic E-state index is 0.0472. The van der Waals surface area contributed by atoms with Crippen LogP contribution in [-0.4, -0.2) is 27.9 Å². The van der Waals surface area contributed by atoms with Gasteiger partial charge in [0.15, 0.2) is 0 Å². The molecule has 0 bridgehead atoms. The molecule has 0 aliphatic carbocycles. The molecule has 0 saturated carbocycles. The Kier molecular flexibility index (Phi) is 5.43. The van der Waals surface area contributed by atoms with E-state index in [1.54, 1.807) is 0 Å². The first-order valence-electron chi connectivity index (χ1n) is 7.51. The zero-order valence-electron chi connectivity index (χ0n) is 13.2. The van der Waals surface area contributed by atoms with Gasteiger partial charge >= 0.3 is 0 Å². The quantitative estimate of drug-likeness (QED) is 0.631. The van der Waals surface area contributed by atoms with E-state index < -0.39 is 0 Å². The van der Waals surface area contributed by atoms with Crippen LogP contribution in [0.4, 0.5) is 0 Å². The summed E-state index contributed by atoms with van der Waals surface area (Å²) in [5.41, 5.74) is 0. The van der Waals surface area contributed by atoms with Gasteiger partial charge in [-0.3, -0.25) is 4.79 Å². The lowest BCUT2D eigenvalue weighted by molar-refractivity contribution is -0.119. The molecule has 1 unspecified atom stereocenters. The first-order chi connectivity index (χ1) is 11.6. The second-order valence-corrected chi connectivity index (χ2v) is 7.64. The number of fused-ring (bicyclic) bond motifs is 1. The molecule has 3 rings (SSSR count). The lowest BCUT2D eigenvalue weighted by Gasteiger charge is -2.09. The van der Waals surface area contributed by atoms with Crippen molar-refractivity contribution in [1.29, 1.82) is 0 Å². The highest BCUT2D eigenvalue weighted by molar-refractivity contribution is 7.99. The molecule has 1 amide bonds. The highest BCUT2D eigenvalue weighted by Crippen LogP contribution is 2.41. The Morgan fingerprint density at radius 2 is 2.21 bits per heavy atom. The van der Waals surface area contributed by atoms with E-state index in [0.717, 1.165) is 21.4 Å². The van der Waals surface area contributed by atoms with Gasteiger partial charge in [-0.2, -0.15) is 0 Å². The molecule has 0 aliphatic rings. The Balaban J connectivity index is 1.71. The molecule has 0 radical (unpaired) electrons. The third-order valence-corrected chi connectivity index (χ3v) is 5.96. The molecular formula is C16H16ClN3O2S2. The van der Waals surface area contributed by atoms with Crippen molar-refractivity contribution < 1.29 is 9.21 Å². The highest BCUT2D eigenvalue weighted by atomic mass is 35.5. The van der Waals surface area contributed by atoms with Crippen LogP contribution in [0.15, 0.2) is 33.9 Å². The number of hydrogen-bond acceptors (Lipinski definition) is 6. The minimum atomic E-state index is -0.0472. The van der Waals surface area contributed by atoms with E-state index in [9.17, 15) is 4.79 Å². The van der Waals surface area contributed by atoms with Crippen molar-refractivity contribution in [2.45, 2.75) is 31.5 Å². The van der Waals surface area contributed by atoms with Gasteiger partial charge in [-0.05, 0) is 19.4 Å². The summed E-state index contributed by atoms with van der Waals surface area (Å²) in [6.07, 6.45) is 0.894. The van der Waals surface area contributed by atoms with Crippen LogP contribution in [0, 0.1) is 0 Å². The van der Waals surface area contributed by atoms with Gasteiger partial charge in [0.1, 0.15) is 4.88 Å². The third-order valence-electron chi connectivity index (χ3n) is 3.48. The van der Waals surface area contributed by atoms with Crippen LogP contribution in [0.5, 0.6) is 0 Å². The Bertz CT molecular complexity index is 862. The normalized spacial score (nSPS) is 12.5. The fourth-order valence-electron chi connectivity index (χ4n) is 2.06. The van der Waals surface area contributed by atoms with Gasteiger partial charge in [0, 0.05) is 16.1 Å². The first kappa shape index (κ1) is 17.3. The Hall–Kier alpha value is -1.57. The van der Waals surface area contributed by atoms with Crippen LogP contribution in [0.25, 0.3) is 20.9 Å². The number of thiophene rings is 1. The number of carbonyl (C=O) groups excluding carboxylic acids is 1. The lowest BCUT2D eigenvalue weighted by atomic mass is 10.2. The molecule has 1 aromatic carbocycles. The molecular weight excluding hydrogens is 366 g/mol. The molecule has 5 nitrogen and oxygen atoms in total. The molecule has 0 aliphatic heterocycles. The minimum Gasteiger partial charge on any atom is -0.410 e. The third kappa shape index (κ3) is 3.74. The van der Waals surface area contributed by atoms with E-state index in [0.29, 0.717) is 16.1 Å².